The highest BCUT2D eigenvalue weighted by Crippen LogP contribution is 2.26. The molecule has 9 heteroatoms. The number of sulfonamides is 1. The van der Waals surface area contributed by atoms with Gasteiger partial charge in [0.1, 0.15) is 0 Å². The van der Waals surface area contributed by atoms with Gasteiger partial charge in [-0.3, -0.25) is 0 Å². The summed E-state index contributed by atoms with van der Waals surface area (Å²) in [6, 6.07) is 11.7. The fraction of sp³-hybridized carbons (Fsp3) is 0.250. The Balaban J connectivity index is 2.00. The maximum Gasteiger partial charge on any atom is 0.243 e. The normalized spacial score (nSPS) is 16.7. The zero-order valence-corrected chi connectivity index (χ0v) is 16.3. The number of hydrogen-bond donors (Lipinski definition) is 0. The van der Waals surface area contributed by atoms with E-state index in [-0.39, 0.29) is 27.8 Å². The van der Waals surface area contributed by atoms with E-state index in [2.05, 4.69) is 15.9 Å². The molecule has 0 aromatic heterocycles. The Kier molecular flexibility index (Phi) is 5.31. The Morgan fingerprint density at radius 3 is 2.08 bits per heavy atom. The molecule has 0 N–H and O–H groups in total. The molecule has 1 heterocycles. The number of nitrogens with zero attached hydrogens (tertiary/aromatic N) is 1. The lowest BCUT2D eigenvalue weighted by molar-refractivity contribution is 0.0730. The predicted octanol–water partition coefficient (Wildman–Crippen LogP) is 2.30. The molecule has 0 radical (unpaired) electrons. The van der Waals surface area contributed by atoms with Crippen LogP contribution in [0.1, 0.15) is 0 Å². The molecule has 0 amide bonds. The second kappa shape index (κ2) is 7.16. The van der Waals surface area contributed by atoms with Gasteiger partial charge in [-0.1, -0.05) is 22.0 Å². The van der Waals surface area contributed by atoms with Gasteiger partial charge < -0.3 is 4.74 Å². The molecule has 6 nitrogen and oxygen atoms in total. The molecule has 0 spiro atoms. The molecule has 2 aromatic carbocycles. The average molecular weight is 446 g/mol. The first-order valence-electron chi connectivity index (χ1n) is 7.50. The highest BCUT2D eigenvalue weighted by Gasteiger charge is 2.28. The number of benzene rings is 2. The second-order valence-corrected chi connectivity index (χ2v) is 10.3. The van der Waals surface area contributed by atoms with E-state index in [0.29, 0.717) is 13.2 Å². The van der Waals surface area contributed by atoms with Crippen LogP contribution in [0.25, 0.3) is 0 Å². The molecule has 1 saturated heterocycles. The summed E-state index contributed by atoms with van der Waals surface area (Å²) in [5.41, 5.74) is 0. The molecule has 1 aliphatic rings. The van der Waals surface area contributed by atoms with E-state index in [1.165, 1.54) is 40.7 Å². The third-order valence-corrected chi connectivity index (χ3v) is 8.04. The van der Waals surface area contributed by atoms with Gasteiger partial charge in [0.05, 0.1) is 27.9 Å². The Labute approximate surface area is 155 Å². The van der Waals surface area contributed by atoms with Crippen molar-refractivity contribution in [3.63, 3.8) is 0 Å². The van der Waals surface area contributed by atoms with Gasteiger partial charge in [-0.15, -0.1) is 0 Å². The maximum absolute atomic E-state index is 12.8. The quantitative estimate of drug-likeness (QED) is 0.720. The third kappa shape index (κ3) is 3.80. The summed E-state index contributed by atoms with van der Waals surface area (Å²) in [6.45, 7) is 1.17. The molecule has 1 aliphatic heterocycles. The lowest BCUT2D eigenvalue weighted by atomic mass is 10.4. The minimum atomic E-state index is -3.80. The summed E-state index contributed by atoms with van der Waals surface area (Å²) in [6.07, 6.45) is 0. The zero-order chi connectivity index (χ0) is 18.1. The number of halogens is 1. The van der Waals surface area contributed by atoms with Gasteiger partial charge in [0.25, 0.3) is 0 Å². The summed E-state index contributed by atoms with van der Waals surface area (Å²) in [5.74, 6) is 0. The van der Waals surface area contributed by atoms with Gasteiger partial charge in [-0.2, -0.15) is 4.31 Å². The van der Waals surface area contributed by atoms with Crippen molar-refractivity contribution in [1.29, 1.82) is 0 Å². The molecule has 0 unspecified atom stereocenters. The Hall–Kier alpha value is -1.26. The van der Waals surface area contributed by atoms with Crippen molar-refractivity contribution in [3.05, 3.63) is 53.0 Å². The largest absolute Gasteiger partial charge is 0.379 e. The SMILES string of the molecule is O=S(=O)(c1ccc(Br)cc1)c1cccc(S(=O)(=O)N2CCOCC2)c1. The number of ether oxygens (including phenoxy) is 1. The molecule has 25 heavy (non-hydrogen) atoms. The van der Waals surface area contributed by atoms with Crippen LogP contribution in [0.5, 0.6) is 0 Å². The van der Waals surface area contributed by atoms with Gasteiger partial charge in [0.2, 0.25) is 19.9 Å². The van der Waals surface area contributed by atoms with E-state index in [4.69, 9.17) is 4.74 Å². The van der Waals surface area contributed by atoms with Crippen molar-refractivity contribution in [1.82, 2.24) is 4.31 Å². The van der Waals surface area contributed by atoms with Crippen molar-refractivity contribution >= 4 is 35.8 Å². The van der Waals surface area contributed by atoms with E-state index >= 15 is 0 Å². The van der Waals surface area contributed by atoms with Crippen LogP contribution >= 0.6 is 15.9 Å². The monoisotopic (exact) mass is 445 g/mol. The van der Waals surface area contributed by atoms with Crippen LogP contribution in [0, 0.1) is 0 Å². The summed E-state index contributed by atoms with van der Waals surface area (Å²) in [7, 11) is -7.55. The zero-order valence-electron chi connectivity index (χ0n) is 13.1. The van der Waals surface area contributed by atoms with Crippen molar-refractivity contribution in [2.45, 2.75) is 14.7 Å². The highest BCUT2D eigenvalue weighted by atomic mass is 79.9. The van der Waals surface area contributed by atoms with E-state index in [1.54, 1.807) is 12.1 Å². The minimum Gasteiger partial charge on any atom is -0.379 e. The predicted molar refractivity (Wildman–Crippen MR) is 95.6 cm³/mol. The second-order valence-electron chi connectivity index (χ2n) is 5.45. The van der Waals surface area contributed by atoms with Gasteiger partial charge >= 0.3 is 0 Å². The fourth-order valence-corrected chi connectivity index (χ4v) is 5.59. The standard InChI is InChI=1S/C16H16BrNO5S2/c17-13-4-6-14(7-5-13)24(19,20)15-2-1-3-16(12-15)25(21,22)18-8-10-23-11-9-18/h1-7,12H,8-11H2. The van der Waals surface area contributed by atoms with Crippen LogP contribution in [-0.4, -0.2) is 47.4 Å². The first kappa shape index (κ1) is 18.5. The molecule has 0 atom stereocenters. The maximum atomic E-state index is 12.8. The Morgan fingerprint density at radius 2 is 1.44 bits per heavy atom. The topological polar surface area (TPSA) is 80.8 Å². The highest BCUT2D eigenvalue weighted by molar-refractivity contribution is 9.10. The van der Waals surface area contributed by atoms with E-state index < -0.39 is 19.9 Å². The molecule has 1 fully saturated rings. The van der Waals surface area contributed by atoms with Crippen LogP contribution in [-0.2, 0) is 24.6 Å². The number of morpholine rings is 1. The molecular weight excluding hydrogens is 430 g/mol. The van der Waals surface area contributed by atoms with Gasteiger partial charge in [-0.25, -0.2) is 16.8 Å². The number of hydrogen-bond acceptors (Lipinski definition) is 5. The van der Waals surface area contributed by atoms with Crippen LogP contribution in [0.2, 0.25) is 0 Å². The molecular formula is C16H16BrNO5S2. The fourth-order valence-electron chi connectivity index (χ4n) is 2.49. The van der Waals surface area contributed by atoms with E-state index in [0.717, 1.165) is 4.47 Å². The first-order valence-corrected chi connectivity index (χ1v) is 11.2. The van der Waals surface area contributed by atoms with Gasteiger partial charge in [0.15, 0.2) is 0 Å². The third-order valence-electron chi connectivity index (χ3n) is 3.85. The average Bonchev–Trinajstić information content (AvgIpc) is 2.63. The lowest BCUT2D eigenvalue weighted by Crippen LogP contribution is -2.40. The molecule has 3 rings (SSSR count). The van der Waals surface area contributed by atoms with Crippen molar-refractivity contribution in [2.24, 2.45) is 0 Å². The summed E-state index contributed by atoms with van der Waals surface area (Å²) >= 11 is 3.26. The molecule has 134 valence electrons. The smallest absolute Gasteiger partial charge is 0.243 e. The summed E-state index contributed by atoms with van der Waals surface area (Å²) in [5, 5.41) is 0. The van der Waals surface area contributed by atoms with E-state index in [9.17, 15) is 16.8 Å². The molecule has 2 aromatic rings. The molecule has 0 bridgehead atoms. The van der Waals surface area contributed by atoms with Crippen LogP contribution in [0.4, 0.5) is 0 Å². The summed E-state index contributed by atoms with van der Waals surface area (Å²) in [4.78, 5) is 0.0216. The molecule has 0 aliphatic carbocycles. The first-order chi connectivity index (χ1) is 11.8. The molecule has 0 saturated carbocycles. The van der Waals surface area contributed by atoms with Gasteiger partial charge in [-0.05, 0) is 42.5 Å². The number of rotatable bonds is 4. The van der Waals surface area contributed by atoms with E-state index in [1.807, 2.05) is 0 Å². The number of sulfone groups is 1. The van der Waals surface area contributed by atoms with Gasteiger partial charge in [0, 0.05) is 17.6 Å². The van der Waals surface area contributed by atoms with Crippen molar-refractivity contribution < 1.29 is 21.6 Å². The Bertz CT molecular complexity index is 966. The Morgan fingerprint density at radius 1 is 0.840 bits per heavy atom. The van der Waals surface area contributed by atoms with Crippen molar-refractivity contribution in [3.8, 4) is 0 Å². The van der Waals surface area contributed by atoms with Crippen LogP contribution in [0.3, 0.4) is 0 Å². The van der Waals surface area contributed by atoms with Crippen LogP contribution in [0.15, 0.2) is 67.7 Å². The van der Waals surface area contributed by atoms with Crippen LogP contribution < -0.4 is 0 Å². The summed E-state index contributed by atoms with van der Waals surface area (Å²) < 4.78 is 58.2. The lowest BCUT2D eigenvalue weighted by Gasteiger charge is -2.26. The van der Waals surface area contributed by atoms with Crippen molar-refractivity contribution in [2.75, 3.05) is 26.3 Å². The minimum absolute atomic E-state index is 0.0346.